The molecule has 1 aromatic carbocycles. The first-order valence-corrected chi connectivity index (χ1v) is 6.53. The molecule has 1 aromatic rings. The maximum Gasteiger partial charge on any atom is 0.314 e. The predicted octanol–water partition coefficient (Wildman–Crippen LogP) is 2.98. The molecule has 2 N–H and O–H groups in total. The van der Waals surface area contributed by atoms with Crippen molar-refractivity contribution in [3.63, 3.8) is 0 Å². The number of carboxylic acids is 1. The number of hydrogen-bond acceptors (Lipinski definition) is 3. The van der Waals surface area contributed by atoms with Gasteiger partial charge in [0.2, 0.25) is 0 Å². The molecule has 2 rings (SSSR count). The van der Waals surface area contributed by atoms with Gasteiger partial charge in [0.05, 0.1) is 12.5 Å². The van der Waals surface area contributed by atoms with Crippen LogP contribution in [0.15, 0.2) is 10.5 Å². The molecule has 0 atom stereocenters. The summed E-state index contributed by atoms with van der Waals surface area (Å²) in [4.78, 5) is 11.6. The van der Waals surface area contributed by atoms with E-state index in [1.54, 1.807) is 6.07 Å². The Morgan fingerprint density at radius 2 is 2.11 bits per heavy atom. The van der Waals surface area contributed by atoms with Crippen LogP contribution in [0.1, 0.15) is 30.4 Å². The maximum atomic E-state index is 11.6. The molecule has 1 fully saturated rings. The molecule has 0 spiro atoms. The molecule has 98 valence electrons. The zero-order valence-electron chi connectivity index (χ0n) is 10.3. The van der Waals surface area contributed by atoms with E-state index in [0.29, 0.717) is 24.2 Å². The Hall–Kier alpha value is -1.23. The highest BCUT2D eigenvalue weighted by Gasteiger charge is 2.49. The molecule has 0 unspecified atom stereocenters. The molecule has 0 aromatic heterocycles. The maximum absolute atomic E-state index is 11.6. The Kier molecular flexibility index (Phi) is 3.27. The number of carboxylic acid groups (broad SMARTS) is 1. The fourth-order valence-electron chi connectivity index (χ4n) is 2.55. The summed E-state index contributed by atoms with van der Waals surface area (Å²) in [6.45, 7) is 1.81. The average molecular weight is 315 g/mol. The molecule has 0 aliphatic heterocycles. The third-order valence-electron chi connectivity index (χ3n) is 3.78. The highest BCUT2D eigenvalue weighted by molar-refractivity contribution is 9.10. The monoisotopic (exact) mass is 314 g/mol. The van der Waals surface area contributed by atoms with Gasteiger partial charge in [0.15, 0.2) is 11.5 Å². The zero-order chi connectivity index (χ0) is 13.5. The van der Waals surface area contributed by atoms with Crippen molar-refractivity contribution < 1.29 is 19.7 Å². The summed E-state index contributed by atoms with van der Waals surface area (Å²) >= 11 is 3.38. The van der Waals surface area contributed by atoms with Gasteiger partial charge in [-0.1, -0.05) is 22.4 Å². The number of methoxy groups -OCH3 is 1. The average Bonchev–Trinajstić information content (AvgIpc) is 2.26. The van der Waals surface area contributed by atoms with Gasteiger partial charge in [-0.3, -0.25) is 4.79 Å². The van der Waals surface area contributed by atoms with Crippen molar-refractivity contribution in [1.29, 1.82) is 0 Å². The number of carbonyl (C=O) groups is 1. The van der Waals surface area contributed by atoms with Crippen LogP contribution in [-0.4, -0.2) is 23.3 Å². The number of aromatic hydroxyl groups is 1. The largest absolute Gasteiger partial charge is 0.504 e. The molecule has 0 heterocycles. The summed E-state index contributed by atoms with van der Waals surface area (Å²) in [5.74, 6) is -0.636. The lowest BCUT2D eigenvalue weighted by Crippen LogP contribution is -2.43. The SMILES string of the molecule is COc1cc(Br)c(C)c(C2(C(=O)O)CCC2)c1O. The molecule has 4 nitrogen and oxygen atoms in total. The molecular formula is C13H15BrO4. The number of aliphatic carboxylic acids is 1. The minimum atomic E-state index is -0.967. The molecule has 1 aliphatic rings. The molecular weight excluding hydrogens is 300 g/mol. The van der Waals surface area contributed by atoms with Crippen LogP contribution in [0.3, 0.4) is 0 Å². The van der Waals surface area contributed by atoms with Crippen LogP contribution in [0.25, 0.3) is 0 Å². The van der Waals surface area contributed by atoms with Gasteiger partial charge in [-0.05, 0) is 31.4 Å². The third kappa shape index (κ3) is 1.68. The lowest BCUT2D eigenvalue weighted by Gasteiger charge is -2.39. The van der Waals surface area contributed by atoms with E-state index < -0.39 is 11.4 Å². The standard InChI is InChI=1S/C13H15BrO4/c1-7-8(14)6-9(18-2)11(15)10(7)13(12(16)17)4-3-5-13/h6,15H,3-5H2,1-2H3,(H,16,17). The first-order valence-electron chi connectivity index (χ1n) is 5.74. The van der Waals surface area contributed by atoms with Crippen molar-refractivity contribution in [2.24, 2.45) is 0 Å². The van der Waals surface area contributed by atoms with Crippen molar-refractivity contribution in [2.75, 3.05) is 7.11 Å². The fraction of sp³-hybridized carbons (Fsp3) is 0.462. The first-order chi connectivity index (χ1) is 8.44. The van der Waals surface area contributed by atoms with E-state index in [1.807, 2.05) is 6.92 Å². The van der Waals surface area contributed by atoms with Gasteiger partial charge in [0.25, 0.3) is 0 Å². The Morgan fingerprint density at radius 3 is 2.50 bits per heavy atom. The van der Waals surface area contributed by atoms with Gasteiger partial charge >= 0.3 is 5.97 Å². The van der Waals surface area contributed by atoms with Crippen LogP contribution in [-0.2, 0) is 10.2 Å². The Bertz CT molecular complexity index is 506. The molecule has 18 heavy (non-hydrogen) atoms. The van der Waals surface area contributed by atoms with E-state index in [9.17, 15) is 15.0 Å². The van der Waals surface area contributed by atoms with Crippen molar-refractivity contribution in [3.05, 3.63) is 21.7 Å². The van der Waals surface area contributed by atoms with Crippen molar-refractivity contribution in [3.8, 4) is 11.5 Å². The normalized spacial score (nSPS) is 17.1. The van der Waals surface area contributed by atoms with Gasteiger partial charge in [0, 0.05) is 10.0 Å². The minimum absolute atomic E-state index is 0.0553. The highest BCUT2D eigenvalue weighted by Crippen LogP contribution is 2.52. The molecule has 0 bridgehead atoms. The second-order valence-corrected chi connectivity index (χ2v) is 5.50. The van der Waals surface area contributed by atoms with Crippen molar-refractivity contribution in [1.82, 2.24) is 0 Å². The van der Waals surface area contributed by atoms with Gasteiger partial charge in [-0.25, -0.2) is 0 Å². The third-order valence-corrected chi connectivity index (χ3v) is 4.60. The lowest BCUT2D eigenvalue weighted by atomic mass is 9.63. The van der Waals surface area contributed by atoms with Gasteiger partial charge in [0.1, 0.15) is 0 Å². The number of phenols is 1. The van der Waals surface area contributed by atoms with Crippen LogP contribution in [0, 0.1) is 6.92 Å². The quantitative estimate of drug-likeness (QED) is 0.900. The topological polar surface area (TPSA) is 66.8 Å². The van der Waals surface area contributed by atoms with E-state index in [-0.39, 0.29) is 5.75 Å². The highest BCUT2D eigenvalue weighted by atomic mass is 79.9. The Balaban J connectivity index is 2.70. The van der Waals surface area contributed by atoms with Crippen LogP contribution in [0.2, 0.25) is 0 Å². The number of ether oxygens (including phenoxy) is 1. The van der Waals surface area contributed by atoms with E-state index in [1.165, 1.54) is 7.11 Å². The molecule has 5 heteroatoms. The van der Waals surface area contributed by atoms with E-state index in [0.717, 1.165) is 16.5 Å². The van der Waals surface area contributed by atoms with Crippen molar-refractivity contribution >= 4 is 21.9 Å². The summed E-state index contributed by atoms with van der Waals surface area (Å²) < 4.78 is 5.84. The summed E-state index contributed by atoms with van der Waals surface area (Å²) in [6.07, 6.45) is 1.96. The second-order valence-electron chi connectivity index (χ2n) is 4.65. The number of hydrogen-bond donors (Lipinski definition) is 2. The molecule has 0 amide bonds. The van der Waals surface area contributed by atoms with Gasteiger partial charge in [-0.2, -0.15) is 0 Å². The predicted molar refractivity (Wildman–Crippen MR) is 70.3 cm³/mol. The van der Waals surface area contributed by atoms with Crippen LogP contribution in [0.4, 0.5) is 0 Å². The fourth-order valence-corrected chi connectivity index (χ4v) is 2.96. The van der Waals surface area contributed by atoms with Crippen LogP contribution in [0.5, 0.6) is 11.5 Å². The molecule has 0 radical (unpaired) electrons. The number of benzene rings is 1. The second kappa shape index (κ2) is 4.46. The minimum Gasteiger partial charge on any atom is -0.504 e. The van der Waals surface area contributed by atoms with E-state index in [2.05, 4.69) is 15.9 Å². The summed E-state index contributed by atoms with van der Waals surface area (Å²) in [5.41, 5.74) is 0.272. The Morgan fingerprint density at radius 1 is 1.50 bits per heavy atom. The summed E-state index contributed by atoms with van der Waals surface area (Å²) in [6, 6.07) is 1.66. The summed E-state index contributed by atoms with van der Waals surface area (Å²) in [5, 5.41) is 19.7. The van der Waals surface area contributed by atoms with Crippen molar-refractivity contribution in [2.45, 2.75) is 31.6 Å². The van der Waals surface area contributed by atoms with Gasteiger partial charge in [-0.15, -0.1) is 0 Å². The zero-order valence-corrected chi connectivity index (χ0v) is 11.9. The van der Waals surface area contributed by atoms with Crippen LogP contribution < -0.4 is 4.74 Å². The number of rotatable bonds is 3. The lowest BCUT2D eigenvalue weighted by molar-refractivity contribution is -0.147. The Labute approximate surface area is 114 Å². The molecule has 1 aliphatic carbocycles. The smallest absolute Gasteiger partial charge is 0.314 e. The van der Waals surface area contributed by atoms with E-state index in [4.69, 9.17) is 4.74 Å². The van der Waals surface area contributed by atoms with E-state index >= 15 is 0 Å². The molecule has 0 saturated heterocycles. The number of phenolic OH excluding ortho intramolecular Hbond substituents is 1. The number of halogens is 1. The first kappa shape index (κ1) is 13.2. The molecule has 1 saturated carbocycles. The van der Waals surface area contributed by atoms with Crippen LogP contribution >= 0.6 is 15.9 Å². The summed E-state index contributed by atoms with van der Waals surface area (Å²) in [7, 11) is 1.45. The van der Waals surface area contributed by atoms with Gasteiger partial charge < -0.3 is 14.9 Å².